The van der Waals surface area contributed by atoms with Crippen LogP contribution < -0.4 is 4.90 Å². The lowest BCUT2D eigenvalue weighted by atomic mass is 10.2. The van der Waals surface area contributed by atoms with Crippen molar-refractivity contribution < 1.29 is 14.1 Å². The highest BCUT2D eigenvalue weighted by molar-refractivity contribution is 8.27. The van der Waals surface area contributed by atoms with E-state index in [1.165, 1.54) is 40.9 Å². The van der Waals surface area contributed by atoms with E-state index in [4.69, 9.17) is 23.8 Å². The molecule has 10 heteroatoms. The van der Waals surface area contributed by atoms with Crippen LogP contribution in [-0.2, 0) is 4.79 Å². The summed E-state index contributed by atoms with van der Waals surface area (Å²) in [6.07, 6.45) is 1.54. The van der Waals surface area contributed by atoms with Crippen LogP contribution in [0.3, 0.4) is 0 Å². The van der Waals surface area contributed by atoms with Crippen molar-refractivity contribution >= 4 is 75.0 Å². The van der Waals surface area contributed by atoms with E-state index >= 15 is 0 Å². The first-order valence-electron chi connectivity index (χ1n) is 9.07. The summed E-state index contributed by atoms with van der Waals surface area (Å²) in [5, 5.41) is 12.2. The van der Waals surface area contributed by atoms with E-state index in [1.807, 2.05) is 0 Å². The number of hydrogen-bond acceptors (Lipinski definition) is 6. The molecule has 0 atom stereocenters. The number of carbonyl (C=O) groups is 1. The van der Waals surface area contributed by atoms with Crippen molar-refractivity contribution in [2.24, 2.45) is 0 Å². The zero-order valence-corrected chi connectivity index (χ0v) is 19.2. The second-order valence-corrected chi connectivity index (χ2v) is 9.76. The van der Waals surface area contributed by atoms with Crippen LogP contribution >= 0.6 is 47.3 Å². The number of benzene rings is 3. The maximum absolute atomic E-state index is 13.6. The van der Waals surface area contributed by atoms with E-state index < -0.39 is 16.6 Å². The molecule has 1 saturated heterocycles. The molecule has 1 aliphatic heterocycles. The first-order chi connectivity index (χ1) is 15.3. The molecule has 0 unspecified atom stereocenters. The maximum atomic E-state index is 13.6. The van der Waals surface area contributed by atoms with Gasteiger partial charge in [-0.15, -0.1) is 0 Å². The summed E-state index contributed by atoms with van der Waals surface area (Å²) < 4.78 is 13.8. The Balaban J connectivity index is 1.63. The van der Waals surface area contributed by atoms with Crippen LogP contribution in [0.5, 0.6) is 0 Å². The van der Waals surface area contributed by atoms with Crippen molar-refractivity contribution in [1.82, 2.24) is 0 Å². The summed E-state index contributed by atoms with van der Waals surface area (Å²) in [6.45, 7) is 0. The molecule has 0 saturated carbocycles. The Morgan fingerprint density at radius 2 is 1.88 bits per heavy atom. The number of nitro benzene ring substituents is 1. The number of rotatable bonds is 5. The van der Waals surface area contributed by atoms with Gasteiger partial charge in [0.15, 0.2) is 4.32 Å². The van der Waals surface area contributed by atoms with Gasteiger partial charge >= 0.3 is 0 Å². The van der Waals surface area contributed by atoms with Crippen molar-refractivity contribution in [2.75, 3.05) is 4.90 Å². The number of carbonyl (C=O) groups excluding carboxylic acids is 1. The van der Waals surface area contributed by atoms with Gasteiger partial charge in [-0.05, 0) is 60.2 Å². The molecule has 0 bridgehead atoms. The molecule has 1 amide bonds. The third kappa shape index (κ3) is 4.86. The highest BCUT2D eigenvalue weighted by Gasteiger charge is 2.33. The molecule has 0 aliphatic carbocycles. The summed E-state index contributed by atoms with van der Waals surface area (Å²) in [5.41, 5.74) is 0.729. The summed E-state index contributed by atoms with van der Waals surface area (Å²) in [7, 11) is 0. The van der Waals surface area contributed by atoms with Crippen molar-refractivity contribution in [1.29, 1.82) is 0 Å². The van der Waals surface area contributed by atoms with Gasteiger partial charge in [0.25, 0.3) is 11.6 Å². The van der Waals surface area contributed by atoms with Crippen LogP contribution in [0.15, 0.2) is 81.4 Å². The van der Waals surface area contributed by atoms with Gasteiger partial charge in [-0.1, -0.05) is 59.5 Å². The molecule has 0 N–H and O–H groups in total. The minimum absolute atomic E-state index is 0.0840. The third-order valence-corrected chi connectivity index (χ3v) is 7.01. The molecule has 0 radical (unpaired) electrons. The lowest BCUT2D eigenvalue weighted by Gasteiger charge is -2.14. The van der Waals surface area contributed by atoms with Crippen molar-refractivity contribution in [3.8, 4) is 0 Å². The lowest BCUT2D eigenvalue weighted by Crippen LogP contribution is -2.27. The SMILES string of the molecule is O=C1/C(=C\c2ccc(Sc3ccc(Cl)cc3)c([N+](=O)[O-])c2)SC(=S)N1c1cccc(F)c1. The van der Waals surface area contributed by atoms with Gasteiger partial charge in [-0.25, -0.2) is 4.39 Å². The zero-order chi connectivity index (χ0) is 22.8. The Hall–Kier alpha value is -2.72. The normalized spacial score (nSPS) is 14.9. The molecular formula is C22H12ClFN2O3S3. The van der Waals surface area contributed by atoms with Gasteiger partial charge in [0.1, 0.15) is 5.82 Å². The minimum atomic E-state index is -0.482. The molecule has 3 aromatic carbocycles. The highest BCUT2D eigenvalue weighted by Crippen LogP contribution is 2.39. The summed E-state index contributed by atoms with van der Waals surface area (Å²) in [4.78, 5) is 26.9. The Kier molecular flexibility index (Phi) is 6.61. The molecular weight excluding hydrogens is 491 g/mol. The van der Waals surface area contributed by atoms with Crippen LogP contribution in [0.25, 0.3) is 6.08 Å². The van der Waals surface area contributed by atoms with E-state index in [2.05, 4.69) is 0 Å². The molecule has 5 nitrogen and oxygen atoms in total. The predicted molar refractivity (Wildman–Crippen MR) is 131 cm³/mol. The number of halogens is 2. The van der Waals surface area contributed by atoms with Gasteiger partial charge in [-0.2, -0.15) is 0 Å². The van der Waals surface area contributed by atoms with Crippen LogP contribution in [-0.4, -0.2) is 15.2 Å². The molecule has 1 heterocycles. The molecule has 4 rings (SSSR count). The zero-order valence-electron chi connectivity index (χ0n) is 16.0. The number of nitro groups is 1. The van der Waals surface area contributed by atoms with Crippen molar-refractivity contribution in [3.05, 3.63) is 98.2 Å². The van der Waals surface area contributed by atoms with E-state index in [0.717, 1.165) is 16.7 Å². The summed E-state index contributed by atoms with van der Waals surface area (Å²) in [6, 6.07) is 17.3. The van der Waals surface area contributed by atoms with Gasteiger partial charge in [0.2, 0.25) is 0 Å². The molecule has 32 heavy (non-hydrogen) atoms. The average Bonchev–Trinajstić information content (AvgIpc) is 3.03. The largest absolute Gasteiger partial charge is 0.283 e. The van der Waals surface area contributed by atoms with Gasteiger partial charge < -0.3 is 0 Å². The number of anilines is 1. The van der Waals surface area contributed by atoms with Gasteiger partial charge in [0, 0.05) is 16.0 Å². The molecule has 1 fully saturated rings. The minimum Gasteiger partial charge on any atom is -0.268 e. The van der Waals surface area contributed by atoms with Crippen molar-refractivity contribution in [2.45, 2.75) is 9.79 Å². The molecule has 0 spiro atoms. The highest BCUT2D eigenvalue weighted by atomic mass is 35.5. The van der Waals surface area contributed by atoms with E-state index in [-0.39, 0.29) is 10.0 Å². The summed E-state index contributed by atoms with van der Waals surface area (Å²) in [5.74, 6) is -0.891. The summed E-state index contributed by atoms with van der Waals surface area (Å²) >= 11 is 13.5. The topological polar surface area (TPSA) is 63.4 Å². The van der Waals surface area contributed by atoms with Crippen molar-refractivity contribution in [3.63, 3.8) is 0 Å². The third-order valence-electron chi connectivity index (χ3n) is 4.38. The second-order valence-electron chi connectivity index (χ2n) is 6.54. The lowest BCUT2D eigenvalue weighted by molar-refractivity contribution is -0.387. The standard InChI is InChI=1S/C22H12ClFN2O3S3/c23-14-5-7-17(8-6-14)31-19-9-4-13(10-18(19)26(28)29)11-20-21(27)25(22(30)32-20)16-3-1-2-15(24)12-16/h1-12H/b20-11+. The second kappa shape index (κ2) is 9.41. The number of thioether (sulfide) groups is 1. The maximum Gasteiger partial charge on any atom is 0.283 e. The smallest absolute Gasteiger partial charge is 0.268 e. The Morgan fingerprint density at radius 3 is 2.56 bits per heavy atom. The molecule has 3 aromatic rings. The van der Waals surface area contributed by atoms with Crippen LogP contribution in [0.2, 0.25) is 5.02 Å². The number of amides is 1. The monoisotopic (exact) mass is 502 g/mol. The fourth-order valence-electron chi connectivity index (χ4n) is 2.94. The number of hydrogen-bond donors (Lipinski definition) is 0. The Labute approximate surface area is 201 Å². The van der Waals surface area contributed by atoms with Crippen LogP contribution in [0, 0.1) is 15.9 Å². The Bertz CT molecular complexity index is 1280. The molecule has 0 aromatic heterocycles. The van der Waals surface area contributed by atoms with Crippen LogP contribution in [0.4, 0.5) is 15.8 Å². The van der Waals surface area contributed by atoms with Gasteiger partial charge in [-0.3, -0.25) is 19.8 Å². The van der Waals surface area contributed by atoms with Crippen LogP contribution in [0.1, 0.15) is 5.56 Å². The molecule has 1 aliphatic rings. The quantitative estimate of drug-likeness (QED) is 0.163. The average molecular weight is 503 g/mol. The predicted octanol–water partition coefficient (Wildman–Crippen LogP) is 6.94. The molecule has 160 valence electrons. The first kappa shape index (κ1) is 22.5. The number of thiocarbonyl (C=S) groups is 1. The van der Waals surface area contributed by atoms with E-state index in [1.54, 1.807) is 48.5 Å². The number of nitrogens with zero attached hydrogens (tertiary/aromatic N) is 2. The van der Waals surface area contributed by atoms with Gasteiger partial charge in [0.05, 0.1) is 20.4 Å². The van der Waals surface area contributed by atoms with E-state index in [0.29, 0.717) is 26.1 Å². The van der Waals surface area contributed by atoms with E-state index in [9.17, 15) is 19.3 Å². The first-order valence-corrected chi connectivity index (χ1v) is 11.5. The fourth-order valence-corrected chi connectivity index (χ4v) is 5.26. The fraction of sp³-hybridized carbons (Fsp3) is 0. The Morgan fingerprint density at radius 1 is 1.12 bits per heavy atom.